The normalized spacial score (nSPS) is 15.8. The van der Waals surface area contributed by atoms with Crippen molar-refractivity contribution in [1.82, 2.24) is 0 Å². The van der Waals surface area contributed by atoms with E-state index in [9.17, 15) is 4.79 Å². The van der Waals surface area contributed by atoms with Gasteiger partial charge in [-0.1, -0.05) is 31.6 Å². The molecule has 0 spiro atoms. The lowest BCUT2D eigenvalue weighted by Crippen LogP contribution is -2.17. The van der Waals surface area contributed by atoms with Crippen LogP contribution in [-0.4, -0.2) is 11.1 Å². The number of rotatable bonds is 7. The van der Waals surface area contributed by atoms with Crippen LogP contribution in [0, 0.1) is 5.41 Å². The van der Waals surface area contributed by atoms with Gasteiger partial charge in [0.05, 0.1) is 6.42 Å². The van der Waals surface area contributed by atoms with E-state index in [4.69, 9.17) is 5.11 Å². The van der Waals surface area contributed by atoms with Gasteiger partial charge in [-0.05, 0) is 31.6 Å². The zero-order valence-corrected chi connectivity index (χ0v) is 10.0. The van der Waals surface area contributed by atoms with Crippen LogP contribution in [0.15, 0.2) is 24.3 Å². The van der Waals surface area contributed by atoms with Gasteiger partial charge in [0.1, 0.15) is 0 Å². The van der Waals surface area contributed by atoms with Crippen molar-refractivity contribution in [3.63, 3.8) is 0 Å². The highest BCUT2D eigenvalue weighted by Crippen LogP contribution is 2.29. The van der Waals surface area contributed by atoms with E-state index in [0.717, 1.165) is 19.3 Å². The molecule has 0 saturated heterocycles. The van der Waals surface area contributed by atoms with Gasteiger partial charge in [0, 0.05) is 0 Å². The zero-order chi connectivity index (χ0) is 11.9. The van der Waals surface area contributed by atoms with Crippen LogP contribution in [0.1, 0.15) is 46.5 Å². The predicted molar refractivity (Wildman–Crippen MR) is 63.8 cm³/mol. The molecule has 0 bridgehead atoms. The first-order chi connectivity index (χ1) is 6.93. The van der Waals surface area contributed by atoms with Crippen molar-refractivity contribution < 1.29 is 9.90 Å². The molecule has 2 heteroatoms. The van der Waals surface area contributed by atoms with E-state index in [1.165, 1.54) is 5.57 Å². The van der Waals surface area contributed by atoms with Crippen molar-refractivity contribution >= 4 is 5.97 Å². The molecule has 0 aliphatic carbocycles. The molecule has 0 fully saturated rings. The second kappa shape index (κ2) is 6.44. The van der Waals surface area contributed by atoms with Gasteiger partial charge in [-0.25, -0.2) is 0 Å². The van der Waals surface area contributed by atoms with Gasteiger partial charge in [-0.15, -0.1) is 6.58 Å². The molecule has 0 aliphatic heterocycles. The number of hydrogen-bond donors (Lipinski definition) is 1. The first-order valence-electron chi connectivity index (χ1n) is 5.44. The van der Waals surface area contributed by atoms with Crippen molar-refractivity contribution in [3.8, 4) is 0 Å². The van der Waals surface area contributed by atoms with Crippen LogP contribution in [0.4, 0.5) is 0 Å². The van der Waals surface area contributed by atoms with Crippen molar-refractivity contribution in [2.45, 2.75) is 46.5 Å². The Kier molecular flexibility index (Phi) is 5.99. The Bertz CT molecular complexity index is 253. The average Bonchev–Trinajstić information content (AvgIpc) is 2.16. The maximum Gasteiger partial charge on any atom is 0.304 e. The largest absolute Gasteiger partial charge is 0.481 e. The first kappa shape index (κ1) is 13.9. The minimum absolute atomic E-state index is 0.162. The molecule has 0 aliphatic rings. The summed E-state index contributed by atoms with van der Waals surface area (Å²) in [5, 5.41) is 8.77. The maximum atomic E-state index is 10.7. The molecule has 0 heterocycles. The summed E-state index contributed by atoms with van der Waals surface area (Å²) in [5.41, 5.74) is 1.08. The molecule has 2 nitrogen and oxygen atoms in total. The van der Waals surface area contributed by atoms with Crippen molar-refractivity contribution in [1.29, 1.82) is 0 Å². The fourth-order valence-electron chi connectivity index (χ4n) is 1.40. The molecule has 0 aromatic heterocycles. The number of carboxylic acid groups (broad SMARTS) is 1. The second-order valence-electron chi connectivity index (χ2n) is 4.37. The third-order valence-electron chi connectivity index (χ3n) is 2.81. The van der Waals surface area contributed by atoms with E-state index < -0.39 is 5.97 Å². The summed E-state index contributed by atoms with van der Waals surface area (Å²) >= 11 is 0. The van der Waals surface area contributed by atoms with Crippen molar-refractivity contribution in [3.05, 3.63) is 24.3 Å². The Morgan fingerprint density at radius 2 is 2.13 bits per heavy atom. The molecular weight excluding hydrogens is 188 g/mol. The monoisotopic (exact) mass is 210 g/mol. The summed E-state index contributed by atoms with van der Waals surface area (Å²) in [5.74, 6) is -0.756. The van der Waals surface area contributed by atoms with Gasteiger partial charge in [-0.2, -0.15) is 0 Å². The maximum absolute atomic E-state index is 10.7. The third-order valence-corrected chi connectivity index (χ3v) is 2.81. The van der Waals surface area contributed by atoms with E-state index >= 15 is 0 Å². The van der Waals surface area contributed by atoms with Crippen LogP contribution in [-0.2, 0) is 4.79 Å². The highest BCUT2D eigenvalue weighted by atomic mass is 16.4. The predicted octanol–water partition coefficient (Wildman–Crippen LogP) is 3.79. The van der Waals surface area contributed by atoms with Crippen LogP contribution >= 0.6 is 0 Å². The van der Waals surface area contributed by atoms with Crippen LogP contribution in [0.3, 0.4) is 0 Å². The molecule has 0 amide bonds. The lowest BCUT2D eigenvalue weighted by Gasteiger charge is -2.22. The lowest BCUT2D eigenvalue weighted by molar-refractivity contribution is -0.138. The zero-order valence-electron chi connectivity index (χ0n) is 10.0. The molecular formula is C13H22O2. The van der Waals surface area contributed by atoms with Crippen molar-refractivity contribution in [2.75, 3.05) is 0 Å². The molecule has 0 rings (SSSR count). The number of aliphatic carboxylic acids is 1. The SMILES string of the molecule is C=CC(C)(CC/C=C(/C)CC)CC(=O)O. The Morgan fingerprint density at radius 1 is 1.53 bits per heavy atom. The van der Waals surface area contributed by atoms with Crippen LogP contribution < -0.4 is 0 Å². The third kappa shape index (κ3) is 6.10. The number of allylic oxidation sites excluding steroid dienone is 3. The first-order valence-corrected chi connectivity index (χ1v) is 5.44. The minimum atomic E-state index is -0.756. The topological polar surface area (TPSA) is 37.3 Å². The van der Waals surface area contributed by atoms with Gasteiger partial charge < -0.3 is 5.11 Å². The number of carbonyl (C=O) groups is 1. The molecule has 0 radical (unpaired) electrons. The standard InChI is InChI=1S/C13H22O2/c1-5-11(3)8-7-9-13(4,6-2)10-12(14)15/h6,8H,2,5,7,9-10H2,1,3-4H3,(H,14,15)/b11-8-. The summed E-state index contributed by atoms with van der Waals surface area (Å²) < 4.78 is 0. The van der Waals surface area contributed by atoms with Gasteiger partial charge in [0.15, 0.2) is 0 Å². The van der Waals surface area contributed by atoms with E-state index in [1.807, 2.05) is 6.92 Å². The molecule has 15 heavy (non-hydrogen) atoms. The van der Waals surface area contributed by atoms with E-state index in [0.29, 0.717) is 0 Å². The summed E-state index contributed by atoms with van der Waals surface area (Å²) in [6, 6.07) is 0. The summed E-state index contributed by atoms with van der Waals surface area (Å²) in [6.07, 6.45) is 6.94. The smallest absolute Gasteiger partial charge is 0.304 e. The molecule has 0 aromatic carbocycles. The van der Waals surface area contributed by atoms with Gasteiger partial charge in [0.2, 0.25) is 0 Å². The Balaban J connectivity index is 4.21. The van der Waals surface area contributed by atoms with Crippen LogP contribution in [0.25, 0.3) is 0 Å². The molecule has 0 aromatic rings. The molecule has 1 unspecified atom stereocenters. The molecule has 1 N–H and O–H groups in total. The molecule has 86 valence electrons. The number of carboxylic acids is 1. The summed E-state index contributed by atoms with van der Waals surface area (Å²) in [4.78, 5) is 10.7. The fourth-order valence-corrected chi connectivity index (χ4v) is 1.40. The lowest BCUT2D eigenvalue weighted by atomic mass is 9.82. The summed E-state index contributed by atoms with van der Waals surface area (Å²) in [7, 11) is 0. The number of hydrogen-bond acceptors (Lipinski definition) is 1. The van der Waals surface area contributed by atoms with E-state index in [-0.39, 0.29) is 11.8 Å². The van der Waals surface area contributed by atoms with Gasteiger partial charge in [0.25, 0.3) is 0 Å². The van der Waals surface area contributed by atoms with E-state index in [2.05, 4.69) is 26.5 Å². The fraction of sp³-hybridized carbons (Fsp3) is 0.615. The highest BCUT2D eigenvalue weighted by molar-refractivity contribution is 5.68. The quantitative estimate of drug-likeness (QED) is 0.649. The van der Waals surface area contributed by atoms with Gasteiger partial charge >= 0.3 is 5.97 Å². The van der Waals surface area contributed by atoms with Gasteiger partial charge in [-0.3, -0.25) is 4.79 Å². The molecule has 0 saturated carbocycles. The second-order valence-corrected chi connectivity index (χ2v) is 4.37. The minimum Gasteiger partial charge on any atom is -0.481 e. The Labute approximate surface area is 92.7 Å². The van der Waals surface area contributed by atoms with Crippen LogP contribution in [0.5, 0.6) is 0 Å². The van der Waals surface area contributed by atoms with Crippen molar-refractivity contribution in [2.24, 2.45) is 5.41 Å². The van der Waals surface area contributed by atoms with E-state index in [1.54, 1.807) is 6.08 Å². The average molecular weight is 210 g/mol. The Morgan fingerprint density at radius 3 is 2.53 bits per heavy atom. The molecule has 1 atom stereocenters. The Hall–Kier alpha value is -1.05. The highest BCUT2D eigenvalue weighted by Gasteiger charge is 2.22. The summed E-state index contributed by atoms with van der Waals surface area (Å²) in [6.45, 7) is 9.89. The van der Waals surface area contributed by atoms with Crippen LogP contribution in [0.2, 0.25) is 0 Å².